The molecule has 4 aromatic rings. The van der Waals surface area contributed by atoms with Crippen LogP contribution in [0.1, 0.15) is 15.9 Å². The highest BCUT2D eigenvalue weighted by Gasteiger charge is 2.25. The number of fused-ring (bicyclic) bond motifs is 1. The maximum absolute atomic E-state index is 13.5. The Hall–Kier alpha value is -3.76. The molecular formula is C24H23FN4O4S. The van der Waals surface area contributed by atoms with Gasteiger partial charge in [0.2, 0.25) is 10.0 Å². The number of aromatic nitrogens is 2. The van der Waals surface area contributed by atoms with Crippen LogP contribution in [-0.4, -0.2) is 49.2 Å². The van der Waals surface area contributed by atoms with E-state index in [0.717, 1.165) is 9.87 Å². The summed E-state index contributed by atoms with van der Waals surface area (Å²) in [5.74, 6) is -0.424. The lowest BCUT2D eigenvalue weighted by atomic mass is 10.1. The van der Waals surface area contributed by atoms with E-state index in [4.69, 9.17) is 4.74 Å². The molecular weight excluding hydrogens is 459 g/mol. The van der Waals surface area contributed by atoms with Gasteiger partial charge in [-0.1, -0.05) is 0 Å². The molecule has 0 aliphatic carbocycles. The van der Waals surface area contributed by atoms with E-state index in [1.807, 2.05) is 19.1 Å². The standard InChI is InChI=1S/C24H23FN4O4S/c1-15-11-12-29-21(13-15)26-22(16-5-8-18(25)9-6-16)23(29)27-24(30)17-7-10-19(33-4)20(14-17)34(31,32)28(2)3/h5-14H,1-4H3,(H,27,30). The first-order valence-electron chi connectivity index (χ1n) is 10.3. The molecule has 0 aliphatic rings. The number of imidazole rings is 1. The van der Waals surface area contributed by atoms with Crippen LogP contribution >= 0.6 is 0 Å². The molecule has 1 amide bonds. The summed E-state index contributed by atoms with van der Waals surface area (Å²) >= 11 is 0. The van der Waals surface area contributed by atoms with Gasteiger partial charge in [-0.3, -0.25) is 9.20 Å². The first-order valence-corrected chi connectivity index (χ1v) is 11.7. The maximum atomic E-state index is 13.5. The van der Waals surface area contributed by atoms with Crippen molar-refractivity contribution < 1.29 is 22.3 Å². The number of rotatable bonds is 6. The van der Waals surface area contributed by atoms with Crippen LogP contribution in [0.4, 0.5) is 10.2 Å². The minimum Gasteiger partial charge on any atom is -0.495 e. The number of ether oxygens (including phenoxy) is 1. The lowest BCUT2D eigenvalue weighted by Gasteiger charge is -2.15. The monoisotopic (exact) mass is 482 g/mol. The van der Waals surface area contributed by atoms with E-state index >= 15 is 0 Å². The third kappa shape index (κ3) is 4.25. The van der Waals surface area contributed by atoms with Crippen molar-refractivity contribution >= 4 is 27.4 Å². The summed E-state index contributed by atoms with van der Waals surface area (Å²) in [6.45, 7) is 1.93. The van der Waals surface area contributed by atoms with Crippen LogP contribution in [0, 0.1) is 12.7 Å². The molecule has 2 aromatic carbocycles. The number of sulfonamides is 1. The van der Waals surface area contributed by atoms with Crippen LogP contribution in [0.5, 0.6) is 5.75 Å². The Morgan fingerprint density at radius 3 is 2.44 bits per heavy atom. The fourth-order valence-electron chi connectivity index (χ4n) is 3.47. The van der Waals surface area contributed by atoms with Crippen LogP contribution in [0.2, 0.25) is 0 Å². The third-order valence-corrected chi connectivity index (χ3v) is 7.15. The van der Waals surface area contributed by atoms with Crippen molar-refractivity contribution in [3.05, 3.63) is 77.7 Å². The highest BCUT2D eigenvalue weighted by molar-refractivity contribution is 7.89. The van der Waals surface area contributed by atoms with Crippen molar-refractivity contribution in [2.24, 2.45) is 0 Å². The fourth-order valence-corrected chi connectivity index (χ4v) is 4.55. The Bertz CT molecular complexity index is 1500. The molecule has 0 radical (unpaired) electrons. The third-order valence-electron chi connectivity index (χ3n) is 5.32. The minimum atomic E-state index is -3.86. The van der Waals surface area contributed by atoms with Crippen molar-refractivity contribution in [3.63, 3.8) is 0 Å². The van der Waals surface area contributed by atoms with Crippen LogP contribution < -0.4 is 10.1 Å². The maximum Gasteiger partial charge on any atom is 0.256 e. The normalized spacial score (nSPS) is 11.7. The zero-order chi connectivity index (χ0) is 24.6. The lowest BCUT2D eigenvalue weighted by molar-refractivity contribution is 0.102. The van der Waals surface area contributed by atoms with Crippen molar-refractivity contribution in [3.8, 4) is 17.0 Å². The molecule has 2 heterocycles. The van der Waals surface area contributed by atoms with Crippen LogP contribution in [-0.2, 0) is 10.0 Å². The fraction of sp³-hybridized carbons (Fsp3) is 0.167. The van der Waals surface area contributed by atoms with Crippen LogP contribution in [0.15, 0.2) is 65.7 Å². The zero-order valence-electron chi connectivity index (χ0n) is 19.0. The Morgan fingerprint density at radius 2 is 1.79 bits per heavy atom. The van der Waals surface area contributed by atoms with E-state index in [1.165, 1.54) is 51.5 Å². The summed E-state index contributed by atoms with van der Waals surface area (Å²) in [6, 6.07) is 13.7. The average molecular weight is 483 g/mol. The number of halogens is 1. The molecule has 176 valence electrons. The summed E-state index contributed by atoms with van der Waals surface area (Å²) in [4.78, 5) is 17.8. The second-order valence-corrected chi connectivity index (χ2v) is 9.98. The first kappa shape index (κ1) is 23.4. The van der Waals surface area contributed by atoms with Gasteiger partial charge in [0.1, 0.15) is 33.6 Å². The molecule has 0 saturated heterocycles. The molecule has 8 nitrogen and oxygen atoms in total. The number of carbonyl (C=O) groups is 1. The van der Waals surface area contributed by atoms with E-state index in [2.05, 4.69) is 10.3 Å². The van der Waals surface area contributed by atoms with Gasteiger partial charge in [0, 0.05) is 31.4 Å². The molecule has 34 heavy (non-hydrogen) atoms. The van der Waals surface area contributed by atoms with Gasteiger partial charge in [0.25, 0.3) is 5.91 Å². The van der Waals surface area contributed by atoms with Crippen LogP contribution in [0.3, 0.4) is 0 Å². The van der Waals surface area contributed by atoms with Gasteiger partial charge in [-0.05, 0) is 67.1 Å². The molecule has 0 saturated carbocycles. The smallest absolute Gasteiger partial charge is 0.256 e. The molecule has 4 rings (SSSR count). The molecule has 0 fully saturated rings. The highest BCUT2D eigenvalue weighted by atomic mass is 32.2. The van der Waals surface area contributed by atoms with Crippen molar-refractivity contribution in [2.75, 3.05) is 26.5 Å². The van der Waals surface area contributed by atoms with Crippen molar-refractivity contribution in [1.82, 2.24) is 13.7 Å². The lowest BCUT2D eigenvalue weighted by Crippen LogP contribution is -2.23. The number of hydrogen-bond acceptors (Lipinski definition) is 5. The van der Waals surface area contributed by atoms with Crippen LogP contribution in [0.25, 0.3) is 16.9 Å². The SMILES string of the molecule is COc1ccc(C(=O)Nc2c(-c3ccc(F)cc3)nc3cc(C)ccn23)cc1S(=O)(=O)N(C)C. The molecule has 0 spiro atoms. The predicted molar refractivity (Wildman–Crippen MR) is 127 cm³/mol. The van der Waals surface area contributed by atoms with E-state index in [9.17, 15) is 17.6 Å². The van der Waals surface area contributed by atoms with Gasteiger partial charge in [0.05, 0.1) is 7.11 Å². The first-order chi connectivity index (χ1) is 16.1. The molecule has 10 heteroatoms. The number of nitrogens with zero attached hydrogens (tertiary/aromatic N) is 3. The number of benzene rings is 2. The summed E-state index contributed by atoms with van der Waals surface area (Å²) < 4.78 is 46.9. The summed E-state index contributed by atoms with van der Waals surface area (Å²) in [7, 11) is 0.303. The number of nitrogens with one attached hydrogen (secondary N) is 1. The molecule has 0 bridgehead atoms. The van der Waals surface area contributed by atoms with Crippen molar-refractivity contribution in [1.29, 1.82) is 0 Å². The number of aryl methyl sites for hydroxylation is 1. The predicted octanol–water partition coefficient (Wildman–Crippen LogP) is 3.96. The van der Waals surface area contributed by atoms with Gasteiger partial charge in [-0.2, -0.15) is 0 Å². The Labute approximate surface area is 196 Å². The minimum absolute atomic E-state index is 0.119. The molecule has 0 aliphatic heterocycles. The van der Waals surface area contributed by atoms with E-state index in [-0.39, 0.29) is 22.0 Å². The molecule has 0 atom stereocenters. The zero-order valence-corrected chi connectivity index (χ0v) is 19.9. The topological polar surface area (TPSA) is 93.0 Å². The second-order valence-electron chi connectivity index (χ2n) is 7.86. The summed E-state index contributed by atoms with van der Waals surface area (Å²) in [5.41, 5.74) is 2.76. The van der Waals surface area contributed by atoms with E-state index in [1.54, 1.807) is 22.7 Å². The number of pyridine rings is 1. The number of methoxy groups -OCH3 is 1. The van der Waals surface area contributed by atoms with E-state index in [0.29, 0.717) is 22.7 Å². The van der Waals surface area contributed by atoms with Gasteiger partial charge in [-0.15, -0.1) is 0 Å². The average Bonchev–Trinajstić information content (AvgIpc) is 3.16. The Kier molecular flexibility index (Phi) is 6.11. The molecule has 2 aromatic heterocycles. The van der Waals surface area contributed by atoms with Gasteiger partial charge >= 0.3 is 0 Å². The highest BCUT2D eigenvalue weighted by Crippen LogP contribution is 2.31. The molecule has 0 unspecified atom stereocenters. The number of anilines is 1. The van der Waals surface area contributed by atoms with Gasteiger partial charge in [-0.25, -0.2) is 22.1 Å². The number of hydrogen-bond donors (Lipinski definition) is 1. The Balaban J connectivity index is 1.81. The van der Waals surface area contributed by atoms with Gasteiger partial charge in [0.15, 0.2) is 0 Å². The largest absolute Gasteiger partial charge is 0.495 e. The summed E-state index contributed by atoms with van der Waals surface area (Å²) in [5, 5.41) is 2.85. The summed E-state index contributed by atoms with van der Waals surface area (Å²) in [6.07, 6.45) is 1.77. The van der Waals surface area contributed by atoms with E-state index < -0.39 is 15.9 Å². The number of carbonyl (C=O) groups excluding carboxylic acids is 1. The molecule has 1 N–H and O–H groups in total. The second kappa shape index (κ2) is 8.88. The van der Waals surface area contributed by atoms with Crippen molar-refractivity contribution in [2.45, 2.75) is 11.8 Å². The number of amides is 1. The van der Waals surface area contributed by atoms with Gasteiger partial charge < -0.3 is 10.1 Å². The quantitative estimate of drug-likeness (QED) is 0.449. The Morgan fingerprint density at radius 1 is 1.09 bits per heavy atom.